The molecule has 0 radical (unpaired) electrons. The van der Waals surface area contributed by atoms with Crippen LogP contribution in [0.4, 0.5) is 0 Å². The predicted octanol–water partition coefficient (Wildman–Crippen LogP) is 1.98. The van der Waals surface area contributed by atoms with Crippen LogP contribution >= 0.6 is 11.6 Å². The predicted molar refractivity (Wildman–Crippen MR) is 56.4 cm³/mol. The van der Waals surface area contributed by atoms with Crippen molar-refractivity contribution in [3.63, 3.8) is 0 Å². The van der Waals surface area contributed by atoms with Gasteiger partial charge in [-0.05, 0) is 25.7 Å². The summed E-state index contributed by atoms with van der Waals surface area (Å²) in [6.07, 6.45) is 8.34. The van der Waals surface area contributed by atoms with Gasteiger partial charge in [0.05, 0.1) is 16.6 Å². The van der Waals surface area contributed by atoms with Gasteiger partial charge in [0.15, 0.2) is 0 Å². The molecule has 0 amide bonds. The molecule has 1 fully saturated rings. The molecule has 2 rings (SSSR count). The lowest BCUT2D eigenvalue weighted by Gasteiger charge is -2.38. The van der Waals surface area contributed by atoms with E-state index >= 15 is 0 Å². The van der Waals surface area contributed by atoms with Crippen LogP contribution < -0.4 is 0 Å². The van der Waals surface area contributed by atoms with Crippen molar-refractivity contribution < 1.29 is 10.2 Å². The Kier molecular flexibility index (Phi) is 2.63. The minimum absolute atomic E-state index is 0.535. The Labute approximate surface area is 89.6 Å². The van der Waals surface area contributed by atoms with E-state index in [1.54, 1.807) is 0 Å². The molecule has 2 aliphatic carbocycles. The molecule has 2 nitrogen and oxygen atoms in total. The van der Waals surface area contributed by atoms with Gasteiger partial charge in [-0.1, -0.05) is 25.0 Å². The first-order valence-corrected chi connectivity index (χ1v) is 5.74. The van der Waals surface area contributed by atoms with Crippen LogP contribution in [-0.2, 0) is 0 Å². The topological polar surface area (TPSA) is 40.5 Å². The Morgan fingerprint density at radius 1 is 1.00 bits per heavy atom. The van der Waals surface area contributed by atoms with Crippen molar-refractivity contribution in [3.05, 3.63) is 12.2 Å². The van der Waals surface area contributed by atoms with E-state index in [1.165, 1.54) is 0 Å². The molecular formula is C11H17ClO2. The van der Waals surface area contributed by atoms with Crippen molar-refractivity contribution in [1.82, 2.24) is 0 Å². The Hall–Kier alpha value is -0.0500. The normalized spacial score (nSPS) is 48.4. The second kappa shape index (κ2) is 3.51. The molecular weight excluding hydrogens is 200 g/mol. The van der Waals surface area contributed by atoms with Gasteiger partial charge in [0, 0.05) is 0 Å². The van der Waals surface area contributed by atoms with E-state index in [-0.39, 0.29) is 0 Å². The van der Waals surface area contributed by atoms with E-state index in [1.807, 2.05) is 12.2 Å². The number of hydrogen-bond donors (Lipinski definition) is 2. The van der Waals surface area contributed by atoms with Crippen molar-refractivity contribution in [1.29, 1.82) is 0 Å². The summed E-state index contributed by atoms with van der Waals surface area (Å²) in [6.45, 7) is 0. The van der Waals surface area contributed by atoms with Crippen molar-refractivity contribution in [2.45, 2.75) is 55.1 Å². The molecule has 0 saturated heterocycles. The summed E-state index contributed by atoms with van der Waals surface area (Å²) in [5.41, 5.74) is -1.81. The Morgan fingerprint density at radius 2 is 1.43 bits per heavy atom. The molecule has 3 heteroatoms. The van der Waals surface area contributed by atoms with E-state index in [0.29, 0.717) is 25.7 Å². The van der Waals surface area contributed by atoms with Gasteiger partial charge in [-0.25, -0.2) is 0 Å². The third-order valence-electron chi connectivity index (χ3n) is 3.52. The maximum absolute atomic E-state index is 10.4. The summed E-state index contributed by atoms with van der Waals surface area (Å²) in [7, 11) is 0. The second-order valence-corrected chi connectivity index (χ2v) is 5.09. The molecule has 0 heterocycles. The van der Waals surface area contributed by atoms with Crippen LogP contribution in [0.15, 0.2) is 12.2 Å². The second-order valence-electron chi connectivity index (χ2n) is 4.66. The highest BCUT2D eigenvalue weighted by Crippen LogP contribution is 2.43. The van der Waals surface area contributed by atoms with Crippen molar-refractivity contribution in [2.24, 2.45) is 0 Å². The smallest absolute Gasteiger partial charge is 0.0916 e. The summed E-state index contributed by atoms with van der Waals surface area (Å²) < 4.78 is 0. The fourth-order valence-corrected chi connectivity index (χ4v) is 3.00. The van der Waals surface area contributed by atoms with E-state index < -0.39 is 16.6 Å². The number of rotatable bonds is 0. The highest BCUT2D eigenvalue weighted by molar-refractivity contribution is 6.22. The molecule has 2 N–H and O–H groups in total. The molecule has 0 aliphatic heterocycles. The highest BCUT2D eigenvalue weighted by atomic mass is 35.5. The number of fused-ring (bicyclic) bond motifs is 2. The molecule has 0 aromatic carbocycles. The number of aliphatic hydroxyl groups is 2. The fourth-order valence-electron chi connectivity index (χ4n) is 2.60. The molecule has 2 bridgehead atoms. The summed E-state index contributed by atoms with van der Waals surface area (Å²) in [5.74, 6) is 0. The molecule has 0 spiro atoms. The van der Waals surface area contributed by atoms with Crippen LogP contribution in [0.1, 0.15) is 38.5 Å². The Bertz CT molecular complexity index is 230. The lowest BCUT2D eigenvalue weighted by Crippen LogP contribution is -2.51. The molecule has 2 aliphatic rings. The maximum atomic E-state index is 10.4. The standard InChI is InChI=1S/C11H17ClO2/c12-9-10(13)5-1-2-6-11(9,14)8-4-3-7-10/h1-2,9,13-14H,3-8H2/t9?,10-,11+. The lowest BCUT2D eigenvalue weighted by molar-refractivity contribution is -0.0485. The van der Waals surface area contributed by atoms with Gasteiger partial charge in [-0.3, -0.25) is 0 Å². The van der Waals surface area contributed by atoms with E-state index in [0.717, 1.165) is 12.8 Å². The van der Waals surface area contributed by atoms with Crippen LogP contribution in [0.2, 0.25) is 0 Å². The molecule has 3 atom stereocenters. The van der Waals surface area contributed by atoms with Crippen LogP contribution in [0.5, 0.6) is 0 Å². The van der Waals surface area contributed by atoms with E-state index in [4.69, 9.17) is 11.6 Å². The molecule has 14 heavy (non-hydrogen) atoms. The Morgan fingerprint density at radius 3 is 1.86 bits per heavy atom. The van der Waals surface area contributed by atoms with Gasteiger partial charge in [0.2, 0.25) is 0 Å². The SMILES string of the molecule is O[C@]12CC=CC[C@](O)(CCCC1)C2Cl. The van der Waals surface area contributed by atoms with Crippen molar-refractivity contribution in [2.75, 3.05) is 0 Å². The zero-order chi connectivity index (χ0) is 10.2. The monoisotopic (exact) mass is 216 g/mol. The molecule has 0 aromatic rings. The van der Waals surface area contributed by atoms with E-state index in [2.05, 4.69) is 0 Å². The average Bonchev–Trinajstić information content (AvgIpc) is 2.34. The highest BCUT2D eigenvalue weighted by Gasteiger charge is 2.49. The van der Waals surface area contributed by atoms with Gasteiger partial charge in [0.1, 0.15) is 0 Å². The summed E-state index contributed by atoms with van der Waals surface area (Å²) >= 11 is 6.24. The average molecular weight is 217 g/mol. The first kappa shape index (κ1) is 10.5. The minimum Gasteiger partial charge on any atom is -0.388 e. The molecule has 1 saturated carbocycles. The third kappa shape index (κ3) is 1.60. The summed E-state index contributed by atoms with van der Waals surface area (Å²) in [4.78, 5) is 0. The van der Waals surface area contributed by atoms with Gasteiger partial charge in [-0.2, -0.15) is 0 Å². The van der Waals surface area contributed by atoms with Crippen LogP contribution in [0, 0.1) is 0 Å². The quantitative estimate of drug-likeness (QED) is 0.480. The minimum atomic E-state index is -0.903. The van der Waals surface area contributed by atoms with Gasteiger partial charge >= 0.3 is 0 Å². The zero-order valence-corrected chi connectivity index (χ0v) is 9.00. The third-order valence-corrected chi connectivity index (χ3v) is 4.33. The molecule has 1 unspecified atom stereocenters. The first-order chi connectivity index (χ1) is 6.57. The van der Waals surface area contributed by atoms with Gasteiger partial charge < -0.3 is 10.2 Å². The van der Waals surface area contributed by atoms with Gasteiger partial charge in [0.25, 0.3) is 0 Å². The summed E-state index contributed by atoms with van der Waals surface area (Å²) in [6, 6.07) is 0. The van der Waals surface area contributed by atoms with Crippen LogP contribution in [-0.4, -0.2) is 26.8 Å². The van der Waals surface area contributed by atoms with Crippen LogP contribution in [0.3, 0.4) is 0 Å². The number of halogens is 1. The van der Waals surface area contributed by atoms with Crippen LogP contribution in [0.25, 0.3) is 0 Å². The number of hydrogen-bond acceptors (Lipinski definition) is 2. The van der Waals surface area contributed by atoms with E-state index in [9.17, 15) is 10.2 Å². The Balaban J connectivity index is 2.35. The largest absolute Gasteiger partial charge is 0.388 e. The first-order valence-electron chi connectivity index (χ1n) is 5.31. The maximum Gasteiger partial charge on any atom is 0.0916 e. The molecule has 80 valence electrons. The molecule has 0 aromatic heterocycles. The number of alkyl halides is 1. The zero-order valence-electron chi connectivity index (χ0n) is 8.25. The lowest BCUT2D eigenvalue weighted by atomic mass is 9.83. The van der Waals surface area contributed by atoms with Gasteiger partial charge in [-0.15, -0.1) is 11.6 Å². The summed E-state index contributed by atoms with van der Waals surface area (Å²) in [5, 5.41) is 20.2. The van der Waals surface area contributed by atoms with Crippen molar-refractivity contribution >= 4 is 11.6 Å². The fraction of sp³-hybridized carbons (Fsp3) is 0.818. The van der Waals surface area contributed by atoms with Crippen molar-refractivity contribution in [3.8, 4) is 0 Å².